The first-order valence-electron chi connectivity index (χ1n) is 9.61. The lowest BCUT2D eigenvalue weighted by molar-refractivity contribution is -0.137. The SMILES string of the molecule is CNc1nc(Nc2ccc(/C=C/C(=O)N3CCOCC3)c(N)c2C=N)ncc1C(F)(F)F. The van der Waals surface area contributed by atoms with Gasteiger partial charge in [-0.2, -0.15) is 18.2 Å². The molecule has 2 aromatic rings. The van der Waals surface area contributed by atoms with Crippen molar-refractivity contribution in [1.82, 2.24) is 14.9 Å². The van der Waals surface area contributed by atoms with Crippen LogP contribution in [0.15, 0.2) is 24.4 Å². The van der Waals surface area contributed by atoms with Crippen molar-refractivity contribution >= 4 is 41.3 Å². The molecular formula is C20H22F3N7O2. The van der Waals surface area contributed by atoms with Crippen molar-refractivity contribution in [3.05, 3.63) is 41.1 Å². The third-order valence-electron chi connectivity index (χ3n) is 4.77. The van der Waals surface area contributed by atoms with Crippen molar-refractivity contribution in [3.63, 3.8) is 0 Å². The fourth-order valence-electron chi connectivity index (χ4n) is 3.07. The molecule has 1 aromatic carbocycles. The number of halogens is 3. The van der Waals surface area contributed by atoms with Gasteiger partial charge < -0.3 is 31.4 Å². The maximum atomic E-state index is 13.0. The van der Waals surface area contributed by atoms with Crippen LogP contribution in [-0.2, 0) is 15.7 Å². The summed E-state index contributed by atoms with van der Waals surface area (Å²) in [6.07, 6.45) is 0.0204. The fourth-order valence-corrected chi connectivity index (χ4v) is 3.07. The number of hydrogen-bond donors (Lipinski definition) is 4. The van der Waals surface area contributed by atoms with Crippen LogP contribution in [0.25, 0.3) is 6.08 Å². The first kappa shape index (κ1) is 23.0. The zero-order valence-electron chi connectivity index (χ0n) is 17.2. The first-order valence-corrected chi connectivity index (χ1v) is 9.61. The second-order valence-electron chi connectivity index (χ2n) is 6.77. The van der Waals surface area contributed by atoms with E-state index in [-0.39, 0.29) is 28.9 Å². The van der Waals surface area contributed by atoms with E-state index in [0.717, 1.165) is 6.21 Å². The van der Waals surface area contributed by atoms with Crippen LogP contribution in [0, 0.1) is 5.41 Å². The Bertz CT molecular complexity index is 1030. The predicted octanol–water partition coefficient (Wildman–Crippen LogP) is 2.73. The highest BCUT2D eigenvalue weighted by atomic mass is 19.4. The smallest absolute Gasteiger partial charge is 0.398 e. The van der Waals surface area contributed by atoms with Gasteiger partial charge in [-0.25, -0.2) is 4.98 Å². The van der Waals surface area contributed by atoms with E-state index >= 15 is 0 Å². The lowest BCUT2D eigenvalue weighted by atomic mass is 10.0. The van der Waals surface area contributed by atoms with Crippen molar-refractivity contribution < 1.29 is 22.7 Å². The summed E-state index contributed by atoms with van der Waals surface area (Å²) in [6.45, 7) is 1.99. The molecule has 3 rings (SSSR count). The molecular weight excluding hydrogens is 427 g/mol. The molecule has 0 atom stereocenters. The number of aromatic nitrogens is 2. The maximum absolute atomic E-state index is 13.0. The van der Waals surface area contributed by atoms with Crippen LogP contribution in [0.5, 0.6) is 0 Å². The highest BCUT2D eigenvalue weighted by Crippen LogP contribution is 2.34. The molecule has 32 heavy (non-hydrogen) atoms. The van der Waals surface area contributed by atoms with E-state index in [4.69, 9.17) is 15.9 Å². The Morgan fingerprint density at radius 2 is 2.03 bits per heavy atom. The fraction of sp³-hybridized carbons (Fsp3) is 0.300. The van der Waals surface area contributed by atoms with E-state index in [2.05, 4.69) is 20.6 Å². The standard InChI is InChI=1S/C20H22F3N7O2/c1-26-18-14(20(21,22)23)11-27-19(29-18)28-15-4-2-12(17(25)13(15)10-24)3-5-16(31)30-6-8-32-9-7-30/h2-5,10-11,24H,6-9,25H2,1H3,(H2,26,27,28,29)/b5-3+,24-10?. The molecule has 0 aliphatic carbocycles. The molecule has 1 aliphatic rings. The average Bonchev–Trinajstić information content (AvgIpc) is 2.78. The van der Waals surface area contributed by atoms with E-state index in [9.17, 15) is 18.0 Å². The minimum absolute atomic E-state index is 0.101. The van der Waals surface area contributed by atoms with Gasteiger partial charge >= 0.3 is 6.18 Å². The Morgan fingerprint density at radius 1 is 1.31 bits per heavy atom. The number of morpholine rings is 1. The number of carbonyl (C=O) groups excluding carboxylic acids is 1. The summed E-state index contributed by atoms with van der Waals surface area (Å²) in [6, 6.07) is 3.20. The Balaban J connectivity index is 1.83. The molecule has 0 saturated carbocycles. The highest BCUT2D eigenvalue weighted by molar-refractivity contribution is 5.98. The minimum atomic E-state index is -4.60. The van der Waals surface area contributed by atoms with E-state index in [1.54, 1.807) is 23.1 Å². The van der Waals surface area contributed by atoms with Crippen molar-refractivity contribution in [2.75, 3.05) is 49.7 Å². The Morgan fingerprint density at radius 3 is 2.66 bits per heavy atom. The van der Waals surface area contributed by atoms with Gasteiger partial charge in [0.15, 0.2) is 0 Å². The summed E-state index contributed by atoms with van der Waals surface area (Å²) >= 11 is 0. The monoisotopic (exact) mass is 449 g/mol. The van der Waals surface area contributed by atoms with Crippen LogP contribution in [0.4, 0.5) is 36.3 Å². The number of nitrogens with zero attached hydrogens (tertiary/aromatic N) is 3. The first-order chi connectivity index (χ1) is 15.2. The number of alkyl halides is 3. The van der Waals surface area contributed by atoms with Gasteiger partial charge in [0, 0.05) is 49.9 Å². The van der Waals surface area contributed by atoms with Crippen LogP contribution >= 0.6 is 0 Å². The van der Waals surface area contributed by atoms with Gasteiger partial charge in [0.05, 0.1) is 18.9 Å². The number of rotatable bonds is 6. The van der Waals surface area contributed by atoms with Gasteiger partial charge in [-0.15, -0.1) is 0 Å². The number of anilines is 4. The normalized spacial score (nSPS) is 14.4. The van der Waals surface area contributed by atoms with Gasteiger partial charge in [0.25, 0.3) is 0 Å². The van der Waals surface area contributed by atoms with Crippen molar-refractivity contribution in [2.45, 2.75) is 6.18 Å². The predicted molar refractivity (Wildman–Crippen MR) is 115 cm³/mol. The second-order valence-corrected chi connectivity index (χ2v) is 6.77. The molecule has 9 nitrogen and oxygen atoms in total. The van der Waals surface area contributed by atoms with E-state index in [1.165, 1.54) is 13.1 Å². The molecule has 0 radical (unpaired) electrons. The van der Waals surface area contributed by atoms with Gasteiger partial charge in [0.1, 0.15) is 11.4 Å². The number of hydrogen-bond acceptors (Lipinski definition) is 8. The van der Waals surface area contributed by atoms with Crippen molar-refractivity contribution in [2.24, 2.45) is 0 Å². The number of benzene rings is 1. The van der Waals surface area contributed by atoms with E-state index < -0.39 is 11.7 Å². The molecule has 12 heteroatoms. The third-order valence-corrected chi connectivity index (χ3v) is 4.77. The summed E-state index contributed by atoms with van der Waals surface area (Å²) in [5, 5.41) is 12.9. The van der Waals surface area contributed by atoms with Crippen LogP contribution in [0.2, 0.25) is 0 Å². The molecule has 170 valence electrons. The van der Waals surface area contributed by atoms with E-state index in [1.807, 2.05) is 0 Å². The summed E-state index contributed by atoms with van der Waals surface area (Å²) in [7, 11) is 1.32. The number of carbonyl (C=O) groups is 1. The third kappa shape index (κ3) is 5.14. The molecule has 1 saturated heterocycles. The molecule has 1 aromatic heterocycles. The number of amides is 1. The lowest BCUT2D eigenvalue weighted by Crippen LogP contribution is -2.39. The second kappa shape index (κ2) is 9.64. The van der Waals surface area contributed by atoms with Gasteiger partial charge in [-0.3, -0.25) is 4.79 Å². The summed E-state index contributed by atoms with van der Waals surface area (Å²) in [4.78, 5) is 21.5. The topological polar surface area (TPSA) is 129 Å². The average molecular weight is 449 g/mol. The molecule has 0 unspecified atom stereocenters. The van der Waals surface area contributed by atoms with E-state index in [0.29, 0.717) is 43.8 Å². The van der Waals surface area contributed by atoms with Gasteiger partial charge in [0.2, 0.25) is 11.9 Å². The Labute approximate surface area is 182 Å². The Kier molecular flexibility index (Phi) is 6.93. The van der Waals surface area contributed by atoms with Crippen LogP contribution in [0.1, 0.15) is 16.7 Å². The summed E-state index contributed by atoms with van der Waals surface area (Å²) in [5.41, 5.74) is 6.50. The van der Waals surface area contributed by atoms with Gasteiger partial charge in [-0.05, 0) is 17.7 Å². The zero-order chi connectivity index (χ0) is 23.3. The largest absolute Gasteiger partial charge is 0.421 e. The number of ether oxygens (including phenoxy) is 1. The summed E-state index contributed by atoms with van der Waals surface area (Å²) in [5.74, 6) is -0.666. The van der Waals surface area contributed by atoms with Crippen LogP contribution < -0.4 is 16.4 Å². The zero-order valence-corrected chi connectivity index (χ0v) is 17.2. The van der Waals surface area contributed by atoms with Crippen molar-refractivity contribution in [3.8, 4) is 0 Å². The quantitative estimate of drug-likeness (QED) is 0.303. The molecule has 2 heterocycles. The van der Waals surface area contributed by atoms with Crippen LogP contribution in [0.3, 0.4) is 0 Å². The van der Waals surface area contributed by atoms with Gasteiger partial charge in [-0.1, -0.05) is 6.07 Å². The molecule has 1 amide bonds. The summed E-state index contributed by atoms with van der Waals surface area (Å²) < 4.78 is 44.3. The van der Waals surface area contributed by atoms with Crippen molar-refractivity contribution in [1.29, 1.82) is 5.41 Å². The Hall–Kier alpha value is -3.67. The number of nitrogens with one attached hydrogen (secondary N) is 3. The highest BCUT2D eigenvalue weighted by Gasteiger charge is 2.35. The van der Waals surface area contributed by atoms with Crippen LogP contribution in [-0.4, -0.2) is 60.3 Å². The molecule has 1 aliphatic heterocycles. The molecule has 0 bridgehead atoms. The number of nitrogens with two attached hydrogens (primary N) is 1. The minimum Gasteiger partial charge on any atom is -0.398 e. The molecule has 1 fully saturated rings. The number of nitrogen functional groups attached to an aromatic ring is 1. The maximum Gasteiger partial charge on any atom is 0.421 e. The molecule has 5 N–H and O–H groups in total. The molecule has 0 spiro atoms. The lowest BCUT2D eigenvalue weighted by Gasteiger charge is -2.25.